The minimum absolute atomic E-state index is 0.00492. The van der Waals surface area contributed by atoms with E-state index in [2.05, 4.69) is 26.0 Å². The van der Waals surface area contributed by atoms with Crippen molar-refractivity contribution in [1.82, 2.24) is 4.72 Å². The van der Waals surface area contributed by atoms with Crippen molar-refractivity contribution in [3.8, 4) is 5.75 Å². The highest BCUT2D eigenvalue weighted by molar-refractivity contribution is 9.10. The molecule has 0 bridgehead atoms. The summed E-state index contributed by atoms with van der Waals surface area (Å²) in [5, 5.41) is 2.42. The first kappa shape index (κ1) is 21.6. The van der Waals surface area contributed by atoms with Gasteiger partial charge in [0.15, 0.2) is 6.61 Å². The van der Waals surface area contributed by atoms with Gasteiger partial charge < -0.3 is 10.1 Å². The third-order valence-electron chi connectivity index (χ3n) is 3.32. The summed E-state index contributed by atoms with van der Waals surface area (Å²) in [6, 6.07) is 8.14. The maximum atomic E-state index is 13.7. The molecule has 0 saturated heterocycles. The molecule has 0 radical (unpaired) electrons. The molecule has 0 aliphatic carbocycles. The van der Waals surface area contributed by atoms with Crippen LogP contribution in [0, 0.1) is 5.82 Å². The van der Waals surface area contributed by atoms with Crippen molar-refractivity contribution in [2.75, 3.05) is 18.5 Å². The lowest BCUT2D eigenvalue weighted by Gasteiger charge is -2.11. The third-order valence-corrected chi connectivity index (χ3v) is 5.57. The Labute approximate surface area is 170 Å². The second-order valence-corrected chi connectivity index (χ2v) is 8.54. The molecular weight excluding hydrogens is 463 g/mol. The van der Waals surface area contributed by atoms with Crippen LogP contribution in [0.15, 0.2) is 45.8 Å². The van der Waals surface area contributed by atoms with Crippen LogP contribution in [0.25, 0.3) is 0 Å². The second-order valence-electron chi connectivity index (χ2n) is 5.45. The summed E-state index contributed by atoms with van der Waals surface area (Å²) in [7, 11) is -3.66. The Balaban J connectivity index is 2.00. The first-order valence-corrected chi connectivity index (χ1v) is 10.5. The fraction of sp³-hybridized carbons (Fsp3) is 0.235. The van der Waals surface area contributed by atoms with Crippen molar-refractivity contribution in [3.05, 3.63) is 51.7 Å². The quantitative estimate of drug-likeness (QED) is 0.600. The minimum atomic E-state index is -3.66. The smallest absolute Gasteiger partial charge is 0.262 e. The first-order chi connectivity index (χ1) is 12.7. The Bertz CT molecular complexity index is 941. The van der Waals surface area contributed by atoms with Crippen LogP contribution in [0.5, 0.6) is 5.75 Å². The van der Waals surface area contributed by atoms with E-state index in [9.17, 15) is 17.6 Å². The minimum Gasteiger partial charge on any atom is -0.482 e. The van der Waals surface area contributed by atoms with Gasteiger partial charge in [-0.05, 0) is 42.8 Å². The normalized spacial score (nSPS) is 11.3. The van der Waals surface area contributed by atoms with E-state index in [0.29, 0.717) is 17.4 Å². The molecule has 0 aromatic heterocycles. The molecule has 27 heavy (non-hydrogen) atoms. The lowest BCUT2D eigenvalue weighted by atomic mass is 10.3. The van der Waals surface area contributed by atoms with Crippen LogP contribution in [0.2, 0.25) is 5.02 Å². The maximum Gasteiger partial charge on any atom is 0.262 e. The van der Waals surface area contributed by atoms with E-state index in [1.165, 1.54) is 30.3 Å². The average Bonchev–Trinajstić information content (AvgIpc) is 2.61. The van der Waals surface area contributed by atoms with E-state index in [0.717, 1.165) is 0 Å². The summed E-state index contributed by atoms with van der Waals surface area (Å²) >= 11 is 9.17. The molecule has 0 atom stereocenters. The Hall–Kier alpha value is -1.68. The maximum absolute atomic E-state index is 13.7. The highest BCUT2D eigenvalue weighted by Gasteiger charge is 2.16. The molecule has 2 aromatic carbocycles. The van der Waals surface area contributed by atoms with Crippen molar-refractivity contribution in [1.29, 1.82) is 0 Å². The zero-order valence-corrected chi connectivity index (χ0v) is 17.4. The highest BCUT2D eigenvalue weighted by Crippen LogP contribution is 2.27. The standard InChI is InChI=1S/C17H17BrClFN2O4S/c1-2-7-21-27(24,25)12-4-6-16(13(19)9-12)26-10-17(23)22-15-5-3-11(18)8-14(15)20/h3-6,8-9,21H,2,7,10H2,1H3,(H,22,23). The van der Waals surface area contributed by atoms with Gasteiger partial charge in [0.25, 0.3) is 5.91 Å². The zero-order valence-electron chi connectivity index (χ0n) is 14.3. The number of amides is 1. The fourth-order valence-corrected chi connectivity index (χ4v) is 3.80. The number of benzene rings is 2. The van der Waals surface area contributed by atoms with Gasteiger partial charge in [-0.1, -0.05) is 34.5 Å². The van der Waals surface area contributed by atoms with E-state index < -0.39 is 28.4 Å². The Morgan fingerprint density at radius 2 is 2.00 bits per heavy atom. The Morgan fingerprint density at radius 3 is 2.63 bits per heavy atom. The molecular formula is C17H17BrClFN2O4S. The SMILES string of the molecule is CCCNS(=O)(=O)c1ccc(OCC(=O)Nc2ccc(Br)cc2F)c(Cl)c1. The van der Waals surface area contributed by atoms with Crippen molar-refractivity contribution in [2.24, 2.45) is 0 Å². The fourth-order valence-electron chi connectivity index (χ4n) is 2.01. The van der Waals surface area contributed by atoms with Gasteiger partial charge in [0.2, 0.25) is 10.0 Å². The molecule has 6 nitrogen and oxygen atoms in total. The molecule has 0 unspecified atom stereocenters. The van der Waals surface area contributed by atoms with Crippen molar-refractivity contribution in [2.45, 2.75) is 18.2 Å². The molecule has 0 aliphatic heterocycles. The van der Waals surface area contributed by atoms with Crippen molar-refractivity contribution >= 4 is 49.1 Å². The Morgan fingerprint density at radius 1 is 1.26 bits per heavy atom. The van der Waals surface area contributed by atoms with Gasteiger partial charge in [0.1, 0.15) is 11.6 Å². The van der Waals surface area contributed by atoms with Gasteiger partial charge in [-0.2, -0.15) is 0 Å². The summed E-state index contributed by atoms with van der Waals surface area (Å²) in [6.07, 6.45) is 0.655. The van der Waals surface area contributed by atoms with Crippen LogP contribution < -0.4 is 14.8 Å². The van der Waals surface area contributed by atoms with Gasteiger partial charge in [0, 0.05) is 11.0 Å². The van der Waals surface area contributed by atoms with Gasteiger partial charge in [-0.15, -0.1) is 0 Å². The van der Waals surface area contributed by atoms with E-state index in [-0.39, 0.29) is 21.4 Å². The summed E-state index contributed by atoms with van der Waals surface area (Å²) in [5.41, 5.74) is 0.0151. The van der Waals surface area contributed by atoms with E-state index in [1.54, 1.807) is 6.07 Å². The number of hydrogen-bond acceptors (Lipinski definition) is 4. The van der Waals surface area contributed by atoms with E-state index >= 15 is 0 Å². The Kier molecular flexibility index (Phi) is 7.60. The zero-order chi connectivity index (χ0) is 20.0. The number of carbonyl (C=O) groups excluding carboxylic acids is 1. The van der Waals surface area contributed by atoms with Gasteiger partial charge in [-0.3, -0.25) is 4.79 Å². The van der Waals surface area contributed by atoms with Crippen molar-refractivity contribution < 1.29 is 22.3 Å². The van der Waals surface area contributed by atoms with Gasteiger partial charge >= 0.3 is 0 Å². The summed E-state index contributed by atoms with van der Waals surface area (Å²) in [6.45, 7) is 1.73. The summed E-state index contributed by atoms with van der Waals surface area (Å²) in [4.78, 5) is 11.9. The average molecular weight is 480 g/mol. The number of carbonyl (C=O) groups is 1. The second kappa shape index (κ2) is 9.50. The van der Waals surface area contributed by atoms with Crippen LogP contribution in [0.1, 0.15) is 13.3 Å². The number of sulfonamides is 1. The van der Waals surface area contributed by atoms with E-state index in [4.69, 9.17) is 16.3 Å². The topological polar surface area (TPSA) is 84.5 Å². The number of nitrogens with one attached hydrogen (secondary N) is 2. The number of halogens is 3. The molecule has 1 amide bonds. The lowest BCUT2D eigenvalue weighted by Crippen LogP contribution is -2.24. The van der Waals surface area contributed by atoms with Gasteiger partial charge in [-0.25, -0.2) is 17.5 Å². The number of rotatable bonds is 8. The van der Waals surface area contributed by atoms with Crippen LogP contribution in [-0.4, -0.2) is 27.5 Å². The number of hydrogen-bond donors (Lipinski definition) is 2. The molecule has 0 saturated carbocycles. The predicted molar refractivity (Wildman–Crippen MR) is 105 cm³/mol. The largest absolute Gasteiger partial charge is 0.482 e. The third kappa shape index (κ3) is 6.17. The highest BCUT2D eigenvalue weighted by atomic mass is 79.9. The van der Waals surface area contributed by atoms with Crippen LogP contribution in [-0.2, 0) is 14.8 Å². The molecule has 2 aromatic rings. The molecule has 0 spiro atoms. The molecule has 2 N–H and O–H groups in total. The predicted octanol–water partition coefficient (Wildman–Crippen LogP) is 3.95. The van der Waals surface area contributed by atoms with Crippen LogP contribution >= 0.6 is 27.5 Å². The van der Waals surface area contributed by atoms with E-state index in [1.807, 2.05) is 6.92 Å². The molecule has 2 rings (SSSR count). The van der Waals surface area contributed by atoms with Crippen molar-refractivity contribution in [3.63, 3.8) is 0 Å². The number of anilines is 1. The van der Waals surface area contributed by atoms with Crippen LogP contribution in [0.3, 0.4) is 0 Å². The molecule has 10 heteroatoms. The molecule has 0 fully saturated rings. The molecule has 146 valence electrons. The van der Waals surface area contributed by atoms with Crippen LogP contribution in [0.4, 0.5) is 10.1 Å². The molecule has 0 aliphatic rings. The number of ether oxygens (including phenoxy) is 1. The summed E-state index contributed by atoms with van der Waals surface area (Å²) in [5.74, 6) is -1.05. The summed E-state index contributed by atoms with van der Waals surface area (Å²) < 4.78 is 46.1. The van der Waals surface area contributed by atoms with Gasteiger partial charge in [0.05, 0.1) is 15.6 Å². The lowest BCUT2D eigenvalue weighted by molar-refractivity contribution is -0.118. The first-order valence-electron chi connectivity index (χ1n) is 7.90. The molecule has 0 heterocycles. The monoisotopic (exact) mass is 478 g/mol.